The number of ketones is 2. The normalized spacial score (nSPS) is 9.16. The van der Waals surface area contributed by atoms with Gasteiger partial charge < -0.3 is 5.11 Å². The molecule has 2 aromatic rings. The second-order valence-electron chi connectivity index (χ2n) is 3.71. The van der Waals surface area contributed by atoms with E-state index < -0.39 is 11.6 Å². The van der Waals surface area contributed by atoms with Gasteiger partial charge in [0.15, 0.2) is 0 Å². The van der Waals surface area contributed by atoms with Crippen molar-refractivity contribution in [2.45, 2.75) is 6.92 Å². The van der Waals surface area contributed by atoms with E-state index in [2.05, 4.69) is 0 Å². The minimum absolute atomic E-state index is 0.250. The Bertz CT molecular complexity index is 469. The summed E-state index contributed by atoms with van der Waals surface area (Å²) in [6.07, 6.45) is 0. The topological polar surface area (TPSA) is 54.4 Å². The van der Waals surface area contributed by atoms with Crippen LogP contribution in [0.25, 0.3) is 0 Å². The Balaban J connectivity index is 0.000000550. The van der Waals surface area contributed by atoms with Crippen molar-refractivity contribution >= 4 is 11.6 Å². The van der Waals surface area contributed by atoms with Crippen molar-refractivity contribution in [2.24, 2.45) is 0 Å². The Morgan fingerprint density at radius 3 is 1.32 bits per heavy atom. The van der Waals surface area contributed by atoms with E-state index in [-0.39, 0.29) is 6.61 Å². The molecule has 0 amide bonds. The van der Waals surface area contributed by atoms with Crippen molar-refractivity contribution in [1.29, 1.82) is 0 Å². The lowest BCUT2D eigenvalue weighted by Crippen LogP contribution is -2.14. The molecule has 2 aromatic carbocycles. The van der Waals surface area contributed by atoms with Gasteiger partial charge in [-0.3, -0.25) is 9.59 Å². The fraction of sp³-hybridized carbons (Fsp3) is 0.125. The molecule has 0 unspecified atom stereocenters. The van der Waals surface area contributed by atoms with Crippen molar-refractivity contribution in [1.82, 2.24) is 0 Å². The highest BCUT2D eigenvalue weighted by molar-refractivity contribution is 6.49. The molecule has 0 spiro atoms. The van der Waals surface area contributed by atoms with Gasteiger partial charge in [0.05, 0.1) is 0 Å². The number of benzene rings is 2. The number of hydrogen-bond acceptors (Lipinski definition) is 3. The Hall–Kier alpha value is -2.26. The maximum Gasteiger partial charge on any atom is 0.233 e. The molecule has 0 aromatic heterocycles. The summed E-state index contributed by atoms with van der Waals surface area (Å²) in [5, 5.41) is 7.57. The van der Waals surface area contributed by atoms with Crippen LogP contribution in [-0.4, -0.2) is 23.3 Å². The molecular weight excluding hydrogens is 240 g/mol. The number of carbonyl (C=O) groups is 2. The Kier molecular flexibility index (Phi) is 6.19. The van der Waals surface area contributed by atoms with Gasteiger partial charge in [0.2, 0.25) is 11.6 Å². The summed E-state index contributed by atoms with van der Waals surface area (Å²) in [4.78, 5) is 23.6. The first-order valence-electron chi connectivity index (χ1n) is 6.00. The third kappa shape index (κ3) is 4.48. The monoisotopic (exact) mass is 256 g/mol. The Labute approximate surface area is 112 Å². The van der Waals surface area contributed by atoms with Gasteiger partial charge in [-0.1, -0.05) is 60.7 Å². The minimum Gasteiger partial charge on any atom is -0.397 e. The molecule has 0 bridgehead atoms. The van der Waals surface area contributed by atoms with Gasteiger partial charge in [-0.15, -0.1) is 0 Å². The first kappa shape index (κ1) is 14.8. The summed E-state index contributed by atoms with van der Waals surface area (Å²) in [6, 6.07) is 17.2. The molecule has 98 valence electrons. The van der Waals surface area contributed by atoms with Crippen molar-refractivity contribution in [3.8, 4) is 0 Å². The molecule has 19 heavy (non-hydrogen) atoms. The first-order valence-corrected chi connectivity index (χ1v) is 6.00. The molecule has 0 radical (unpaired) electrons. The van der Waals surface area contributed by atoms with Crippen LogP contribution >= 0.6 is 0 Å². The molecule has 0 aliphatic rings. The molecule has 0 fully saturated rings. The van der Waals surface area contributed by atoms with E-state index in [1.165, 1.54) is 0 Å². The minimum atomic E-state index is -0.466. The number of aliphatic hydroxyl groups excluding tert-OH is 1. The summed E-state index contributed by atoms with van der Waals surface area (Å²) >= 11 is 0. The predicted octanol–water partition coefficient (Wildman–Crippen LogP) is 2.75. The first-order chi connectivity index (χ1) is 9.20. The van der Waals surface area contributed by atoms with Crippen LogP contribution in [0.3, 0.4) is 0 Å². The summed E-state index contributed by atoms with van der Waals surface area (Å²) in [6.45, 7) is 1.93. The van der Waals surface area contributed by atoms with E-state index in [9.17, 15) is 9.59 Å². The molecule has 0 saturated heterocycles. The number of rotatable bonds is 3. The van der Waals surface area contributed by atoms with Crippen molar-refractivity contribution in [3.05, 3.63) is 71.8 Å². The second kappa shape index (κ2) is 7.95. The summed E-state index contributed by atoms with van der Waals surface area (Å²) in [7, 11) is 0. The van der Waals surface area contributed by atoms with Gasteiger partial charge in [0.1, 0.15) is 0 Å². The number of aliphatic hydroxyl groups is 1. The summed E-state index contributed by atoms with van der Waals surface area (Å²) in [5.74, 6) is -0.932. The molecule has 0 saturated carbocycles. The average Bonchev–Trinajstić information content (AvgIpc) is 2.48. The van der Waals surface area contributed by atoms with Gasteiger partial charge in [0.25, 0.3) is 0 Å². The maximum atomic E-state index is 11.8. The molecule has 2 rings (SSSR count). The lowest BCUT2D eigenvalue weighted by molar-refractivity contribution is 0.0817. The molecule has 3 nitrogen and oxygen atoms in total. The van der Waals surface area contributed by atoms with Gasteiger partial charge in [0, 0.05) is 17.7 Å². The highest BCUT2D eigenvalue weighted by atomic mass is 16.2. The largest absolute Gasteiger partial charge is 0.397 e. The third-order valence-electron chi connectivity index (χ3n) is 2.28. The third-order valence-corrected chi connectivity index (χ3v) is 2.28. The molecule has 0 heterocycles. The zero-order valence-electron chi connectivity index (χ0n) is 10.7. The van der Waals surface area contributed by atoms with Gasteiger partial charge in [-0.25, -0.2) is 0 Å². The quantitative estimate of drug-likeness (QED) is 0.678. The number of Topliss-reactive ketones (excluding diaryl/α,β-unsaturated/α-hetero) is 2. The van der Waals surface area contributed by atoms with Gasteiger partial charge in [-0.05, 0) is 6.92 Å². The van der Waals surface area contributed by atoms with Crippen LogP contribution in [0.5, 0.6) is 0 Å². The van der Waals surface area contributed by atoms with Crippen LogP contribution < -0.4 is 0 Å². The van der Waals surface area contributed by atoms with E-state index in [1.54, 1.807) is 55.5 Å². The van der Waals surface area contributed by atoms with E-state index in [0.717, 1.165) is 0 Å². The molecule has 3 heteroatoms. The SMILES string of the molecule is CCO.O=C(C(=O)c1ccccc1)c1ccccc1. The van der Waals surface area contributed by atoms with Gasteiger partial charge >= 0.3 is 0 Å². The zero-order chi connectivity index (χ0) is 14.1. The zero-order valence-corrected chi connectivity index (χ0v) is 10.7. The van der Waals surface area contributed by atoms with E-state index in [1.807, 2.05) is 12.1 Å². The van der Waals surface area contributed by atoms with Crippen LogP contribution in [0, 0.1) is 0 Å². The van der Waals surface area contributed by atoms with Crippen molar-refractivity contribution in [3.63, 3.8) is 0 Å². The highest BCUT2D eigenvalue weighted by Gasteiger charge is 2.16. The predicted molar refractivity (Wildman–Crippen MR) is 74.3 cm³/mol. The van der Waals surface area contributed by atoms with Crippen LogP contribution in [0.15, 0.2) is 60.7 Å². The molecule has 0 aliphatic heterocycles. The molecule has 0 aliphatic carbocycles. The van der Waals surface area contributed by atoms with E-state index >= 15 is 0 Å². The van der Waals surface area contributed by atoms with Crippen molar-refractivity contribution in [2.75, 3.05) is 6.61 Å². The standard InChI is InChI=1S/C14H10O2.C2H6O/c15-13(11-7-3-1-4-8-11)14(16)12-9-5-2-6-10-12;1-2-3/h1-10H;3H,2H2,1H3. The van der Waals surface area contributed by atoms with Crippen LogP contribution in [-0.2, 0) is 0 Å². The van der Waals surface area contributed by atoms with Crippen molar-refractivity contribution < 1.29 is 14.7 Å². The number of carbonyl (C=O) groups excluding carboxylic acids is 2. The summed E-state index contributed by atoms with van der Waals surface area (Å²) < 4.78 is 0. The average molecular weight is 256 g/mol. The van der Waals surface area contributed by atoms with E-state index in [4.69, 9.17) is 5.11 Å². The fourth-order valence-corrected chi connectivity index (χ4v) is 1.44. The highest BCUT2D eigenvalue weighted by Crippen LogP contribution is 2.07. The number of hydrogen-bond donors (Lipinski definition) is 1. The Morgan fingerprint density at radius 2 is 1.05 bits per heavy atom. The second-order valence-corrected chi connectivity index (χ2v) is 3.71. The lowest BCUT2D eigenvalue weighted by atomic mass is 10.0. The van der Waals surface area contributed by atoms with Gasteiger partial charge in [-0.2, -0.15) is 0 Å². The van der Waals surface area contributed by atoms with Crippen LogP contribution in [0.1, 0.15) is 27.6 Å². The van der Waals surface area contributed by atoms with Crippen LogP contribution in [0.4, 0.5) is 0 Å². The maximum absolute atomic E-state index is 11.8. The smallest absolute Gasteiger partial charge is 0.233 e. The Morgan fingerprint density at radius 1 is 0.789 bits per heavy atom. The van der Waals surface area contributed by atoms with Crippen LogP contribution in [0.2, 0.25) is 0 Å². The molecular formula is C16H16O3. The fourth-order valence-electron chi connectivity index (χ4n) is 1.44. The molecule has 1 N–H and O–H groups in total. The van der Waals surface area contributed by atoms with E-state index in [0.29, 0.717) is 11.1 Å². The lowest BCUT2D eigenvalue weighted by Gasteiger charge is -1.99. The molecule has 0 atom stereocenters. The summed E-state index contributed by atoms with van der Waals surface area (Å²) in [5.41, 5.74) is 0.854.